The Labute approximate surface area is 176 Å². The fraction of sp³-hybridized carbons (Fsp3) is 0.381. The molecule has 0 radical (unpaired) electrons. The normalized spacial score (nSPS) is 24.0. The van der Waals surface area contributed by atoms with Gasteiger partial charge in [-0.15, -0.1) is 0 Å². The molecule has 6 nitrogen and oxygen atoms in total. The molecular formula is C21H25ClN2O4S. The first-order valence-corrected chi connectivity index (χ1v) is 11.2. The molecule has 0 heterocycles. The van der Waals surface area contributed by atoms with Crippen LogP contribution in [0.1, 0.15) is 32.3 Å². The molecule has 1 amide bonds. The Morgan fingerprint density at radius 3 is 2.24 bits per heavy atom. The third-order valence-electron chi connectivity index (χ3n) is 4.96. The summed E-state index contributed by atoms with van der Waals surface area (Å²) in [6, 6.07) is 15.1. The summed E-state index contributed by atoms with van der Waals surface area (Å²) in [5.74, 6) is -0.525. The number of rotatable bonds is 5. The lowest BCUT2D eigenvalue weighted by Gasteiger charge is -2.24. The Morgan fingerprint density at radius 2 is 1.72 bits per heavy atom. The van der Waals surface area contributed by atoms with Crippen LogP contribution in [-0.2, 0) is 14.6 Å². The number of hydrogen-bond donors (Lipinski definition) is 2. The number of sulfone groups is 1. The van der Waals surface area contributed by atoms with Crippen molar-refractivity contribution in [2.75, 3.05) is 6.54 Å². The molecule has 1 aliphatic carbocycles. The smallest absolute Gasteiger partial charge is 0.408 e. The molecule has 1 aliphatic rings. The summed E-state index contributed by atoms with van der Waals surface area (Å²) in [6.45, 7) is 5.16. The number of hydrogen-bond acceptors (Lipinski definition) is 5. The zero-order chi connectivity index (χ0) is 21.4. The predicted molar refractivity (Wildman–Crippen MR) is 113 cm³/mol. The van der Waals surface area contributed by atoms with E-state index in [9.17, 15) is 13.2 Å². The lowest BCUT2D eigenvalue weighted by Crippen LogP contribution is -2.49. The van der Waals surface area contributed by atoms with Crippen LogP contribution in [0.3, 0.4) is 0 Å². The van der Waals surface area contributed by atoms with Gasteiger partial charge in [0, 0.05) is 17.5 Å². The van der Waals surface area contributed by atoms with Crippen molar-refractivity contribution < 1.29 is 17.9 Å². The molecule has 0 saturated heterocycles. The van der Waals surface area contributed by atoms with Crippen molar-refractivity contribution in [3.63, 3.8) is 0 Å². The largest absolute Gasteiger partial charge is 0.444 e. The van der Waals surface area contributed by atoms with Gasteiger partial charge in [0.05, 0.1) is 10.4 Å². The minimum Gasteiger partial charge on any atom is -0.444 e. The van der Waals surface area contributed by atoms with Gasteiger partial charge < -0.3 is 15.8 Å². The van der Waals surface area contributed by atoms with E-state index in [-0.39, 0.29) is 11.4 Å². The molecule has 2 aromatic rings. The van der Waals surface area contributed by atoms with E-state index in [2.05, 4.69) is 5.32 Å². The monoisotopic (exact) mass is 436 g/mol. The number of nitrogens with one attached hydrogen (secondary N) is 1. The van der Waals surface area contributed by atoms with Gasteiger partial charge in [0.2, 0.25) is 0 Å². The van der Waals surface area contributed by atoms with E-state index >= 15 is 0 Å². The van der Waals surface area contributed by atoms with Gasteiger partial charge in [0.15, 0.2) is 9.84 Å². The van der Waals surface area contributed by atoms with Crippen LogP contribution in [0.15, 0.2) is 59.5 Å². The summed E-state index contributed by atoms with van der Waals surface area (Å²) in [7, 11) is -3.77. The van der Waals surface area contributed by atoms with Gasteiger partial charge in [-0.2, -0.15) is 0 Å². The molecule has 1 fully saturated rings. The van der Waals surface area contributed by atoms with Gasteiger partial charge in [-0.3, -0.25) is 0 Å². The van der Waals surface area contributed by atoms with Crippen molar-refractivity contribution in [1.82, 2.24) is 5.32 Å². The van der Waals surface area contributed by atoms with E-state index in [1.165, 1.54) is 0 Å². The number of alkyl carbamates (subject to hydrolysis) is 1. The molecule has 3 N–H and O–H groups in total. The van der Waals surface area contributed by atoms with Gasteiger partial charge in [0.1, 0.15) is 10.9 Å². The molecule has 0 unspecified atom stereocenters. The summed E-state index contributed by atoms with van der Waals surface area (Å²) in [4.78, 5) is 12.7. The lowest BCUT2D eigenvalue weighted by molar-refractivity contribution is 0.0497. The molecule has 0 spiro atoms. The molecule has 29 heavy (non-hydrogen) atoms. The van der Waals surface area contributed by atoms with Crippen LogP contribution in [0.25, 0.3) is 0 Å². The summed E-state index contributed by atoms with van der Waals surface area (Å²) < 4.78 is 32.2. The Hall–Kier alpha value is -2.09. The molecule has 0 aliphatic heterocycles. The molecule has 0 bridgehead atoms. The van der Waals surface area contributed by atoms with Crippen molar-refractivity contribution in [1.29, 1.82) is 0 Å². The number of amides is 1. The second-order valence-corrected chi connectivity index (χ2v) is 10.7. The van der Waals surface area contributed by atoms with Gasteiger partial charge in [-0.25, -0.2) is 13.2 Å². The van der Waals surface area contributed by atoms with Crippen LogP contribution in [0.4, 0.5) is 4.79 Å². The average molecular weight is 437 g/mol. The zero-order valence-electron chi connectivity index (χ0n) is 16.6. The molecule has 0 aromatic heterocycles. The molecule has 3 rings (SSSR count). The highest BCUT2D eigenvalue weighted by Gasteiger charge is 2.71. The van der Waals surface area contributed by atoms with Crippen molar-refractivity contribution in [2.24, 2.45) is 5.73 Å². The van der Waals surface area contributed by atoms with E-state index in [4.69, 9.17) is 22.1 Å². The fourth-order valence-electron chi connectivity index (χ4n) is 3.70. The van der Waals surface area contributed by atoms with Crippen LogP contribution in [0.5, 0.6) is 0 Å². The highest BCUT2D eigenvalue weighted by molar-refractivity contribution is 7.92. The maximum atomic E-state index is 13.4. The topological polar surface area (TPSA) is 98.5 Å². The SMILES string of the molecule is CC(C)(C)OC(=O)N[C@]1(CN)[C@H](c2ccc(Cl)cc2)[C@H]1S(=O)(=O)c1ccccc1. The van der Waals surface area contributed by atoms with Gasteiger partial charge in [-0.1, -0.05) is 41.9 Å². The van der Waals surface area contributed by atoms with Gasteiger partial charge in [0.25, 0.3) is 0 Å². The maximum absolute atomic E-state index is 13.4. The van der Waals surface area contributed by atoms with Crippen LogP contribution in [0.2, 0.25) is 5.02 Å². The summed E-state index contributed by atoms with van der Waals surface area (Å²) in [5.41, 5.74) is 4.88. The minimum absolute atomic E-state index is 0.0593. The third-order valence-corrected chi connectivity index (χ3v) is 7.51. The molecule has 1 saturated carbocycles. The van der Waals surface area contributed by atoms with Crippen molar-refractivity contribution in [3.05, 3.63) is 65.2 Å². The van der Waals surface area contributed by atoms with E-state index < -0.39 is 38.2 Å². The molecule has 3 atom stereocenters. The first-order valence-electron chi connectivity index (χ1n) is 9.27. The Balaban J connectivity index is 2.03. The minimum atomic E-state index is -3.77. The second kappa shape index (κ2) is 7.63. The highest BCUT2D eigenvalue weighted by Crippen LogP contribution is 2.57. The van der Waals surface area contributed by atoms with E-state index in [0.717, 1.165) is 5.56 Å². The second-order valence-electron chi connectivity index (χ2n) is 8.18. The highest BCUT2D eigenvalue weighted by atomic mass is 35.5. The van der Waals surface area contributed by atoms with E-state index in [1.54, 1.807) is 75.4 Å². The third kappa shape index (κ3) is 4.27. The number of carbonyl (C=O) groups excluding carboxylic acids is 1. The standard InChI is InChI=1S/C21H25ClN2O4S/c1-20(2,3)28-19(25)24-21(13-23)17(14-9-11-15(22)12-10-14)18(21)29(26,27)16-7-5-4-6-8-16/h4-12,17-18H,13,23H2,1-3H3,(H,24,25)/t17-,18-,21-/m1/s1. The molecule has 156 valence electrons. The summed E-state index contributed by atoms with van der Waals surface area (Å²) in [6.07, 6.45) is -0.701. The van der Waals surface area contributed by atoms with Crippen molar-refractivity contribution >= 4 is 27.5 Å². The number of benzene rings is 2. The van der Waals surface area contributed by atoms with Crippen LogP contribution < -0.4 is 11.1 Å². The van der Waals surface area contributed by atoms with Gasteiger partial charge >= 0.3 is 6.09 Å². The first-order chi connectivity index (χ1) is 13.5. The van der Waals surface area contributed by atoms with Crippen molar-refractivity contribution in [3.8, 4) is 0 Å². The molecular weight excluding hydrogens is 412 g/mol. The summed E-state index contributed by atoms with van der Waals surface area (Å²) >= 11 is 5.99. The van der Waals surface area contributed by atoms with Gasteiger partial charge in [-0.05, 0) is 50.6 Å². The van der Waals surface area contributed by atoms with E-state index in [0.29, 0.717) is 5.02 Å². The Kier molecular flexibility index (Phi) is 5.69. The number of halogens is 1. The molecule has 8 heteroatoms. The van der Waals surface area contributed by atoms with Crippen LogP contribution >= 0.6 is 11.6 Å². The average Bonchev–Trinajstić information content (AvgIpc) is 3.31. The van der Waals surface area contributed by atoms with E-state index in [1.807, 2.05) is 0 Å². The Bertz CT molecular complexity index is 988. The number of ether oxygens (including phenoxy) is 1. The predicted octanol–water partition coefficient (Wildman–Crippen LogP) is 3.50. The summed E-state index contributed by atoms with van der Waals surface area (Å²) in [5, 5.41) is 2.38. The zero-order valence-corrected chi connectivity index (χ0v) is 18.1. The number of carbonyl (C=O) groups is 1. The van der Waals surface area contributed by atoms with Crippen LogP contribution in [-0.4, -0.2) is 37.4 Å². The fourth-order valence-corrected chi connectivity index (χ4v) is 6.19. The quantitative estimate of drug-likeness (QED) is 0.747. The molecule has 2 aromatic carbocycles. The van der Waals surface area contributed by atoms with Crippen molar-refractivity contribution in [2.45, 2.75) is 48.0 Å². The lowest BCUT2D eigenvalue weighted by atomic mass is 10.1. The Morgan fingerprint density at radius 1 is 1.14 bits per heavy atom. The maximum Gasteiger partial charge on any atom is 0.408 e. The van der Waals surface area contributed by atoms with Crippen LogP contribution in [0, 0.1) is 0 Å². The first kappa shape index (κ1) is 21.6. The number of nitrogens with two attached hydrogens (primary N) is 1.